The Hall–Kier alpha value is -1.46. The molecule has 0 amide bonds. The van der Waals surface area contributed by atoms with E-state index in [1.807, 2.05) is 6.07 Å². The van der Waals surface area contributed by atoms with Crippen LogP contribution in [-0.2, 0) is 16.1 Å². The number of nitrogens with zero attached hydrogens (tertiary/aromatic N) is 1. The smallest absolute Gasteiger partial charge is 0.308 e. The zero-order chi connectivity index (χ0) is 14.9. The van der Waals surface area contributed by atoms with Crippen LogP contribution in [0.5, 0.6) is 0 Å². The van der Waals surface area contributed by atoms with Gasteiger partial charge in [0, 0.05) is 38.3 Å². The molecule has 114 valence electrons. The van der Waals surface area contributed by atoms with E-state index in [1.165, 1.54) is 12.1 Å². The number of likely N-dealkylation sites (tertiary alicyclic amines) is 1. The molecule has 2 fully saturated rings. The monoisotopic (exact) mass is 293 g/mol. The van der Waals surface area contributed by atoms with Gasteiger partial charge in [-0.25, -0.2) is 4.39 Å². The molecule has 0 saturated carbocycles. The van der Waals surface area contributed by atoms with Crippen molar-refractivity contribution in [2.45, 2.75) is 19.4 Å². The van der Waals surface area contributed by atoms with Crippen LogP contribution >= 0.6 is 0 Å². The van der Waals surface area contributed by atoms with Gasteiger partial charge in [0.1, 0.15) is 5.82 Å². The number of carboxylic acid groups (broad SMARTS) is 1. The molecule has 0 aliphatic carbocycles. The predicted octanol–water partition coefficient (Wildman–Crippen LogP) is 2.14. The highest BCUT2D eigenvalue weighted by molar-refractivity contribution is 5.72. The molecule has 21 heavy (non-hydrogen) atoms. The molecule has 1 N–H and O–H groups in total. The Morgan fingerprint density at radius 2 is 2.19 bits per heavy atom. The molecule has 2 aliphatic rings. The van der Waals surface area contributed by atoms with Crippen LogP contribution < -0.4 is 0 Å². The molecule has 0 bridgehead atoms. The van der Waals surface area contributed by atoms with E-state index in [4.69, 9.17) is 4.74 Å². The van der Waals surface area contributed by atoms with Crippen molar-refractivity contribution in [1.82, 2.24) is 4.90 Å². The largest absolute Gasteiger partial charge is 0.481 e. The maximum absolute atomic E-state index is 13.3. The summed E-state index contributed by atoms with van der Waals surface area (Å²) >= 11 is 0. The van der Waals surface area contributed by atoms with Gasteiger partial charge in [-0.3, -0.25) is 9.69 Å². The van der Waals surface area contributed by atoms with E-state index in [0.717, 1.165) is 24.9 Å². The van der Waals surface area contributed by atoms with Crippen LogP contribution in [0.25, 0.3) is 0 Å². The Morgan fingerprint density at radius 1 is 1.43 bits per heavy atom. The molecule has 3 rings (SSSR count). The normalized spacial score (nSPS) is 25.3. The summed E-state index contributed by atoms with van der Waals surface area (Å²) in [6.07, 6.45) is 1.59. The van der Waals surface area contributed by atoms with Crippen molar-refractivity contribution in [3.05, 3.63) is 35.6 Å². The van der Waals surface area contributed by atoms with Crippen LogP contribution in [0.2, 0.25) is 0 Å². The molecule has 1 unspecified atom stereocenters. The Bertz CT molecular complexity index is 528. The second-order valence-electron chi connectivity index (χ2n) is 6.17. The van der Waals surface area contributed by atoms with Crippen molar-refractivity contribution < 1.29 is 19.0 Å². The Morgan fingerprint density at radius 3 is 2.86 bits per heavy atom. The van der Waals surface area contributed by atoms with Crippen molar-refractivity contribution in [3.8, 4) is 0 Å². The van der Waals surface area contributed by atoms with Crippen molar-refractivity contribution in [2.24, 2.45) is 11.3 Å². The van der Waals surface area contributed by atoms with E-state index < -0.39 is 5.97 Å². The highest BCUT2D eigenvalue weighted by atomic mass is 19.1. The van der Waals surface area contributed by atoms with Crippen LogP contribution in [0, 0.1) is 17.2 Å². The number of ether oxygens (including phenoxy) is 1. The number of benzene rings is 1. The van der Waals surface area contributed by atoms with Crippen molar-refractivity contribution in [3.63, 3.8) is 0 Å². The summed E-state index contributed by atoms with van der Waals surface area (Å²) in [7, 11) is 0. The first-order chi connectivity index (χ1) is 10.1. The van der Waals surface area contributed by atoms with E-state index in [-0.39, 0.29) is 17.2 Å². The van der Waals surface area contributed by atoms with Gasteiger partial charge in [0.2, 0.25) is 0 Å². The molecule has 4 nitrogen and oxygen atoms in total. The average Bonchev–Trinajstić information content (AvgIpc) is 2.78. The molecule has 5 heteroatoms. The number of carbonyl (C=O) groups is 1. The minimum absolute atomic E-state index is 0.183. The highest BCUT2D eigenvalue weighted by Gasteiger charge is 2.50. The zero-order valence-corrected chi connectivity index (χ0v) is 11.9. The second kappa shape index (κ2) is 5.73. The Kier molecular flexibility index (Phi) is 3.95. The van der Waals surface area contributed by atoms with Gasteiger partial charge >= 0.3 is 5.97 Å². The number of hydrogen-bond donors (Lipinski definition) is 1. The quantitative estimate of drug-likeness (QED) is 0.927. The van der Waals surface area contributed by atoms with Crippen molar-refractivity contribution >= 4 is 5.97 Å². The van der Waals surface area contributed by atoms with Crippen LogP contribution in [0.1, 0.15) is 18.4 Å². The van der Waals surface area contributed by atoms with Gasteiger partial charge in [-0.1, -0.05) is 12.1 Å². The molecule has 0 radical (unpaired) electrons. The van der Waals surface area contributed by atoms with E-state index >= 15 is 0 Å². The van der Waals surface area contributed by atoms with Gasteiger partial charge < -0.3 is 9.84 Å². The lowest BCUT2D eigenvalue weighted by Crippen LogP contribution is -2.40. The number of rotatable bonds is 3. The third kappa shape index (κ3) is 2.94. The number of hydrogen-bond acceptors (Lipinski definition) is 3. The summed E-state index contributed by atoms with van der Waals surface area (Å²) in [5.41, 5.74) is 0.709. The molecule has 2 heterocycles. The lowest BCUT2D eigenvalue weighted by Gasteiger charge is -2.36. The third-order valence-corrected chi connectivity index (χ3v) is 4.80. The lowest BCUT2D eigenvalue weighted by molar-refractivity contribution is -0.146. The highest BCUT2D eigenvalue weighted by Crippen LogP contribution is 2.44. The second-order valence-corrected chi connectivity index (χ2v) is 6.17. The van der Waals surface area contributed by atoms with E-state index in [1.54, 1.807) is 6.07 Å². The first-order valence-corrected chi connectivity index (χ1v) is 7.36. The Balaban J connectivity index is 1.75. The predicted molar refractivity (Wildman–Crippen MR) is 75.3 cm³/mol. The minimum Gasteiger partial charge on any atom is -0.481 e. The van der Waals surface area contributed by atoms with Gasteiger partial charge in [0.05, 0.1) is 5.92 Å². The molecule has 1 aromatic rings. The number of halogens is 1. The third-order valence-electron chi connectivity index (χ3n) is 4.80. The Labute approximate surface area is 123 Å². The lowest BCUT2D eigenvalue weighted by atomic mass is 9.72. The van der Waals surface area contributed by atoms with Crippen LogP contribution in [0.3, 0.4) is 0 Å². The number of carboxylic acids is 1. The van der Waals surface area contributed by atoms with Crippen LogP contribution in [0.4, 0.5) is 4.39 Å². The molecule has 2 saturated heterocycles. The minimum atomic E-state index is -0.723. The van der Waals surface area contributed by atoms with Gasteiger partial charge in [-0.2, -0.15) is 0 Å². The summed E-state index contributed by atoms with van der Waals surface area (Å²) in [4.78, 5) is 13.7. The van der Waals surface area contributed by atoms with Crippen LogP contribution in [0.15, 0.2) is 24.3 Å². The zero-order valence-electron chi connectivity index (χ0n) is 11.9. The first kappa shape index (κ1) is 14.5. The van der Waals surface area contributed by atoms with E-state index in [9.17, 15) is 14.3 Å². The molecule has 1 spiro atoms. The topological polar surface area (TPSA) is 49.8 Å². The SMILES string of the molecule is O=C(O)C1CN(Cc2cccc(F)c2)CC12CCOCC2. The van der Waals surface area contributed by atoms with E-state index in [0.29, 0.717) is 26.3 Å². The fraction of sp³-hybridized carbons (Fsp3) is 0.562. The first-order valence-electron chi connectivity index (χ1n) is 7.36. The molecule has 1 aromatic carbocycles. The summed E-state index contributed by atoms with van der Waals surface area (Å²) in [6, 6.07) is 6.52. The van der Waals surface area contributed by atoms with Crippen LogP contribution in [-0.4, -0.2) is 42.3 Å². The van der Waals surface area contributed by atoms with Gasteiger partial charge in [0.25, 0.3) is 0 Å². The molecular weight excluding hydrogens is 273 g/mol. The maximum atomic E-state index is 13.3. The fourth-order valence-corrected chi connectivity index (χ4v) is 3.71. The number of aliphatic carboxylic acids is 1. The van der Waals surface area contributed by atoms with Crippen molar-refractivity contribution in [2.75, 3.05) is 26.3 Å². The molecule has 0 aromatic heterocycles. The van der Waals surface area contributed by atoms with E-state index in [2.05, 4.69) is 4.90 Å². The summed E-state index contributed by atoms with van der Waals surface area (Å²) in [5, 5.41) is 9.53. The standard InChI is InChI=1S/C16H20FNO3/c17-13-3-1-2-12(8-13)9-18-10-14(15(19)20)16(11-18)4-6-21-7-5-16/h1-3,8,14H,4-7,9-11H2,(H,19,20). The van der Waals surface area contributed by atoms with Gasteiger partial charge in [-0.15, -0.1) is 0 Å². The summed E-state index contributed by atoms with van der Waals surface area (Å²) < 4.78 is 18.7. The molecule has 1 atom stereocenters. The fourth-order valence-electron chi connectivity index (χ4n) is 3.71. The van der Waals surface area contributed by atoms with Gasteiger partial charge in [0.15, 0.2) is 0 Å². The summed E-state index contributed by atoms with van der Waals surface area (Å²) in [6.45, 7) is 3.16. The maximum Gasteiger partial charge on any atom is 0.308 e. The molecular formula is C16H20FNO3. The molecule has 2 aliphatic heterocycles. The van der Waals surface area contributed by atoms with Gasteiger partial charge in [-0.05, 0) is 30.5 Å². The summed E-state index contributed by atoms with van der Waals surface area (Å²) in [5.74, 6) is -1.32. The average molecular weight is 293 g/mol. The van der Waals surface area contributed by atoms with Crippen molar-refractivity contribution in [1.29, 1.82) is 0 Å².